The van der Waals surface area contributed by atoms with Crippen LogP contribution in [0.3, 0.4) is 0 Å². The molecule has 6 nitrogen and oxygen atoms in total. The van der Waals surface area contributed by atoms with Crippen molar-refractivity contribution in [2.45, 2.75) is 58.4 Å². The highest BCUT2D eigenvalue weighted by Gasteiger charge is 2.06. The van der Waals surface area contributed by atoms with E-state index in [0.717, 1.165) is 43.2 Å². The lowest BCUT2D eigenvalue weighted by molar-refractivity contribution is 0.298. The fourth-order valence-corrected chi connectivity index (χ4v) is 4.17. The van der Waals surface area contributed by atoms with E-state index in [2.05, 4.69) is 0 Å². The summed E-state index contributed by atoms with van der Waals surface area (Å²) in [4.78, 5) is 25.4. The van der Waals surface area contributed by atoms with Crippen molar-refractivity contribution in [2.75, 3.05) is 0 Å². The van der Waals surface area contributed by atoms with Crippen LogP contribution in [-0.4, -0.2) is 9.13 Å². The molecule has 0 aliphatic rings. The van der Waals surface area contributed by atoms with Crippen molar-refractivity contribution in [3.8, 4) is 11.5 Å². The van der Waals surface area contributed by atoms with E-state index in [0.29, 0.717) is 37.8 Å². The number of nitrogens with zero attached hydrogens (tertiary/aromatic N) is 2. The standard InChI is InChI=1S/C31H34N2O4/c34-30-28(36-24-26-14-6-4-7-15-26)18-12-22-32(30)20-10-2-1-3-11-21-33-23-13-19-29(31(33)35)37-25-27-16-8-5-9-17-27/h4-9,12-19,22-23H,1-3,10-11,20-21,24-25H2. The van der Waals surface area contributed by atoms with E-state index in [1.807, 2.05) is 85.2 Å². The predicted molar refractivity (Wildman–Crippen MR) is 146 cm³/mol. The molecule has 0 N–H and O–H groups in total. The summed E-state index contributed by atoms with van der Waals surface area (Å²) < 4.78 is 14.9. The second kappa shape index (κ2) is 13.9. The average molecular weight is 499 g/mol. The molecule has 0 aliphatic heterocycles. The number of rotatable bonds is 14. The van der Waals surface area contributed by atoms with Gasteiger partial charge in [0.15, 0.2) is 11.5 Å². The minimum atomic E-state index is -0.0906. The van der Waals surface area contributed by atoms with Gasteiger partial charge in [0, 0.05) is 25.5 Å². The van der Waals surface area contributed by atoms with Gasteiger partial charge in [-0.2, -0.15) is 0 Å². The van der Waals surface area contributed by atoms with Gasteiger partial charge in [0.2, 0.25) is 0 Å². The third-order valence-electron chi connectivity index (χ3n) is 6.24. The fourth-order valence-electron chi connectivity index (χ4n) is 4.17. The van der Waals surface area contributed by atoms with Gasteiger partial charge in [-0.05, 0) is 48.2 Å². The summed E-state index contributed by atoms with van der Waals surface area (Å²) >= 11 is 0. The van der Waals surface area contributed by atoms with Crippen molar-refractivity contribution in [1.82, 2.24) is 9.13 Å². The van der Waals surface area contributed by atoms with Crippen LogP contribution in [0.5, 0.6) is 11.5 Å². The molecule has 0 fully saturated rings. The van der Waals surface area contributed by atoms with Crippen molar-refractivity contribution < 1.29 is 9.47 Å². The SMILES string of the molecule is O=c1c(OCc2ccccc2)cccn1CCCCCCCn1cccc(OCc2ccccc2)c1=O. The summed E-state index contributed by atoms with van der Waals surface area (Å²) in [5.41, 5.74) is 1.89. The molecule has 2 aromatic carbocycles. The second-order valence-corrected chi connectivity index (χ2v) is 9.06. The number of pyridine rings is 2. The molecular formula is C31H34N2O4. The van der Waals surface area contributed by atoms with Gasteiger partial charge in [-0.15, -0.1) is 0 Å². The lowest BCUT2D eigenvalue weighted by Crippen LogP contribution is -2.21. The molecule has 6 heteroatoms. The van der Waals surface area contributed by atoms with E-state index < -0.39 is 0 Å². The van der Waals surface area contributed by atoms with Crippen molar-refractivity contribution in [3.63, 3.8) is 0 Å². The number of unbranched alkanes of at least 4 members (excludes halogenated alkanes) is 4. The first-order chi connectivity index (χ1) is 18.2. The fraction of sp³-hybridized carbons (Fsp3) is 0.290. The first-order valence-electron chi connectivity index (χ1n) is 12.9. The average Bonchev–Trinajstić information content (AvgIpc) is 2.94. The Labute approximate surface area is 217 Å². The highest BCUT2D eigenvalue weighted by molar-refractivity contribution is 5.21. The summed E-state index contributed by atoms with van der Waals surface area (Å²) in [6.45, 7) is 2.10. The Kier molecular flexibility index (Phi) is 9.76. The van der Waals surface area contributed by atoms with Crippen LogP contribution in [0.2, 0.25) is 0 Å². The largest absolute Gasteiger partial charge is 0.483 e. The van der Waals surface area contributed by atoms with Gasteiger partial charge in [0.25, 0.3) is 11.1 Å². The Morgan fingerprint density at radius 2 is 0.892 bits per heavy atom. The van der Waals surface area contributed by atoms with E-state index in [1.54, 1.807) is 21.3 Å². The van der Waals surface area contributed by atoms with Gasteiger partial charge < -0.3 is 18.6 Å². The summed E-state index contributed by atoms with van der Waals surface area (Å²) in [7, 11) is 0. The first-order valence-corrected chi connectivity index (χ1v) is 12.9. The summed E-state index contributed by atoms with van der Waals surface area (Å²) in [5.74, 6) is 0.763. The van der Waals surface area contributed by atoms with E-state index in [-0.39, 0.29) is 11.1 Å². The maximum absolute atomic E-state index is 12.7. The molecule has 0 unspecified atom stereocenters. The molecule has 0 radical (unpaired) electrons. The van der Waals surface area contributed by atoms with Crippen LogP contribution >= 0.6 is 0 Å². The molecule has 0 bridgehead atoms. The van der Waals surface area contributed by atoms with Crippen LogP contribution in [0.15, 0.2) is 107 Å². The molecule has 0 amide bonds. The second-order valence-electron chi connectivity index (χ2n) is 9.06. The van der Waals surface area contributed by atoms with E-state index in [1.165, 1.54) is 0 Å². The first kappa shape index (κ1) is 26.0. The molecule has 0 saturated carbocycles. The zero-order chi connectivity index (χ0) is 25.7. The number of aryl methyl sites for hydroxylation is 2. The third-order valence-corrected chi connectivity index (χ3v) is 6.24. The molecule has 0 spiro atoms. The van der Waals surface area contributed by atoms with E-state index in [9.17, 15) is 9.59 Å². The van der Waals surface area contributed by atoms with Crippen LogP contribution in [0.25, 0.3) is 0 Å². The highest BCUT2D eigenvalue weighted by atomic mass is 16.5. The molecular weight excluding hydrogens is 464 g/mol. The van der Waals surface area contributed by atoms with Gasteiger partial charge >= 0.3 is 0 Å². The molecule has 0 atom stereocenters. The molecule has 4 rings (SSSR count). The third kappa shape index (κ3) is 7.97. The Morgan fingerprint density at radius 1 is 0.486 bits per heavy atom. The number of benzene rings is 2. The van der Waals surface area contributed by atoms with E-state index in [4.69, 9.17) is 9.47 Å². The van der Waals surface area contributed by atoms with E-state index >= 15 is 0 Å². The maximum Gasteiger partial charge on any atom is 0.292 e. The quantitative estimate of drug-likeness (QED) is 0.206. The molecule has 0 aliphatic carbocycles. The molecule has 2 aromatic heterocycles. The summed E-state index contributed by atoms with van der Waals surface area (Å²) in [6, 6.07) is 26.8. The Morgan fingerprint density at radius 3 is 1.32 bits per heavy atom. The van der Waals surface area contributed by atoms with Gasteiger partial charge in [-0.3, -0.25) is 9.59 Å². The zero-order valence-electron chi connectivity index (χ0n) is 21.1. The Bertz CT molecular complexity index is 1240. The topological polar surface area (TPSA) is 62.5 Å². The van der Waals surface area contributed by atoms with Gasteiger partial charge in [-0.1, -0.05) is 79.9 Å². The minimum Gasteiger partial charge on any atom is -0.483 e. The monoisotopic (exact) mass is 498 g/mol. The van der Waals surface area contributed by atoms with Gasteiger partial charge in [0.05, 0.1) is 0 Å². The van der Waals surface area contributed by atoms with Crippen molar-refractivity contribution in [1.29, 1.82) is 0 Å². The maximum atomic E-state index is 12.7. The van der Waals surface area contributed by atoms with Crippen molar-refractivity contribution in [2.24, 2.45) is 0 Å². The molecule has 2 heterocycles. The van der Waals surface area contributed by atoms with Crippen LogP contribution in [0.4, 0.5) is 0 Å². The van der Waals surface area contributed by atoms with Crippen LogP contribution in [0, 0.1) is 0 Å². The molecule has 37 heavy (non-hydrogen) atoms. The number of hydrogen-bond acceptors (Lipinski definition) is 4. The van der Waals surface area contributed by atoms with Gasteiger partial charge in [-0.25, -0.2) is 0 Å². The predicted octanol–water partition coefficient (Wildman–Crippen LogP) is 5.82. The zero-order valence-corrected chi connectivity index (χ0v) is 21.1. The lowest BCUT2D eigenvalue weighted by Gasteiger charge is -2.10. The van der Waals surface area contributed by atoms with Crippen LogP contribution in [-0.2, 0) is 26.3 Å². The smallest absolute Gasteiger partial charge is 0.292 e. The number of ether oxygens (including phenoxy) is 2. The molecule has 192 valence electrons. The number of hydrogen-bond donors (Lipinski definition) is 0. The van der Waals surface area contributed by atoms with Gasteiger partial charge in [0.1, 0.15) is 13.2 Å². The van der Waals surface area contributed by atoms with Crippen LogP contribution < -0.4 is 20.6 Å². The van der Waals surface area contributed by atoms with Crippen LogP contribution in [0.1, 0.15) is 43.2 Å². The number of aromatic nitrogens is 2. The van der Waals surface area contributed by atoms with Crippen molar-refractivity contribution in [3.05, 3.63) is 129 Å². The molecule has 0 saturated heterocycles. The lowest BCUT2D eigenvalue weighted by atomic mass is 10.1. The van der Waals surface area contributed by atoms with Crippen molar-refractivity contribution >= 4 is 0 Å². The summed E-state index contributed by atoms with van der Waals surface area (Å²) in [5, 5.41) is 0. The minimum absolute atomic E-state index is 0.0906. The normalized spacial score (nSPS) is 10.8. The highest BCUT2D eigenvalue weighted by Crippen LogP contribution is 2.11. The Balaban J connectivity index is 1.16. The Hall–Kier alpha value is -4.06. The summed E-state index contributed by atoms with van der Waals surface area (Å²) in [6.07, 6.45) is 8.58. The molecule has 4 aromatic rings.